The van der Waals surface area contributed by atoms with Crippen LogP contribution in [0.2, 0.25) is 0 Å². The van der Waals surface area contributed by atoms with Crippen molar-refractivity contribution in [2.75, 3.05) is 7.11 Å². The molecule has 7 nitrogen and oxygen atoms in total. The third kappa shape index (κ3) is 5.83. The number of imidazole rings is 1. The standard InChI is InChI=1S/C33H28F3N3O4/c1-19-6-7-21(24(34)12-19)17-43-31-5-3-4-27(38-31)23-16-25(35)22(13-26(23)36)15-30-37-28-9-8-20(32(40)41)14-29(28)39(30)18-33(42-2)10-11-33/h3-9,12-14,16H,10-11,15,17-18H2,1-2H3,(H,40,41). The van der Waals surface area contributed by atoms with E-state index in [1.165, 1.54) is 24.3 Å². The van der Waals surface area contributed by atoms with Crippen LogP contribution in [0.15, 0.2) is 66.7 Å². The van der Waals surface area contributed by atoms with E-state index >= 15 is 8.78 Å². The van der Waals surface area contributed by atoms with Gasteiger partial charge in [0.1, 0.15) is 29.9 Å². The zero-order valence-corrected chi connectivity index (χ0v) is 23.5. The number of carboxylic acid groups (broad SMARTS) is 1. The van der Waals surface area contributed by atoms with Gasteiger partial charge in [-0.15, -0.1) is 0 Å². The van der Waals surface area contributed by atoms with Gasteiger partial charge in [0.2, 0.25) is 5.88 Å². The Morgan fingerprint density at radius 1 is 0.953 bits per heavy atom. The predicted octanol–water partition coefficient (Wildman–Crippen LogP) is 6.87. The maximum atomic E-state index is 15.5. The molecule has 0 atom stereocenters. The van der Waals surface area contributed by atoms with Gasteiger partial charge < -0.3 is 19.1 Å². The maximum Gasteiger partial charge on any atom is 0.335 e. The van der Waals surface area contributed by atoms with E-state index in [0.29, 0.717) is 29.0 Å². The number of hydrogen-bond acceptors (Lipinski definition) is 5. The molecule has 2 heterocycles. The van der Waals surface area contributed by atoms with Crippen molar-refractivity contribution in [3.05, 3.63) is 112 Å². The summed E-state index contributed by atoms with van der Waals surface area (Å²) in [6.45, 7) is 2.12. The van der Waals surface area contributed by atoms with E-state index in [-0.39, 0.29) is 41.3 Å². The topological polar surface area (TPSA) is 86.5 Å². The lowest BCUT2D eigenvalue weighted by atomic mass is 10.0. The molecule has 3 aromatic carbocycles. The largest absolute Gasteiger partial charge is 0.478 e. The number of hydrogen-bond donors (Lipinski definition) is 1. The number of pyridine rings is 1. The first kappa shape index (κ1) is 28.4. The SMILES string of the molecule is COC1(Cn2c(Cc3cc(F)c(-c4cccc(OCc5ccc(C)cc5F)n4)cc3F)nc3ccc(C(=O)O)cc32)CC1. The number of aromatic nitrogens is 3. The average molecular weight is 588 g/mol. The molecule has 6 rings (SSSR count). The van der Waals surface area contributed by atoms with Crippen molar-refractivity contribution in [1.82, 2.24) is 14.5 Å². The fourth-order valence-corrected chi connectivity index (χ4v) is 5.13. The van der Waals surface area contributed by atoms with E-state index in [9.17, 15) is 14.3 Å². The van der Waals surface area contributed by atoms with Crippen molar-refractivity contribution in [3.8, 4) is 17.1 Å². The molecule has 43 heavy (non-hydrogen) atoms. The fourth-order valence-electron chi connectivity index (χ4n) is 5.13. The number of nitrogens with zero attached hydrogens (tertiary/aromatic N) is 3. The lowest BCUT2D eigenvalue weighted by Crippen LogP contribution is -2.22. The molecular formula is C33H28F3N3O4. The van der Waals surface area contributed by atoms with Crippen LogP contribution in [0, 0.1) is 24.4 Å². The Kier molecular flexibility index (Phi) is 7.39. The van der Waals surface area contributed by atoms with Crippen LogP contribution in [0.3, 0.4) is 0 Å². The third-order valence-corrected chi connectivity index (χ3v) is 7.83. The molecule has 0 amide bonds. The van der Waals surface area contributed by atoms with Crippen LogP contribution in [-0.2, 0) is 24.3 Å². The summed E-state index contributed by atoms with van der Waals surface area (Å²) in [7, 11) is 1.62. The number of fused-ring (bicyclic) bond motifs is 1. The second-order valence-corrected chi connectivity index (χ2v) is 10.9. The lowest BCUT2D eigenvalue weighted by molar-refractivity contribution is 0.0654. The molecule has 2 aromatic heterocycles. The molecule has 0 radical (unpaired) electrons. The number of halogens is 3. The number of aryl methyl sites for hydroxylation is 1. The normalized spacial score (nSPS) is 13.8. The van der Waals surface area contributed by atoms with E-state index in [1.807, 2.05) is 4.57 Å². The summed E-state index contributed by atoms with van der Waals surface area (Å²) in [5.41, 5.74) is 2.17. The second-order valence-electron chi connectivity index (χ2n) is 10.9. The van der Waals surface area contributed by atoms with E-state index < -0.39 is 29.0 Å². The molecule has 0 spiro atoms. The van der Waals surface area contributed by atoms with Gasteiger partial charge in [0.25, 0.3) is 0 Å². The van der Waals surface area contributed by atoms with Crippen LogP contribution in [-0.4, -0.2) is 38.3 Å². The number of ether oxygens (including phenoxy) is 2. The Bertz CT molecular complexity index is 1870. The Hall–Kier alpha value is -4.70. The highest BCUT2D eigenvalue weighted by Crippen LogP contribution is 2.41. The molecule has 0 unspecified atom stereocenters. The van der Waals surface area contributed by atoms with Crippen LogP contribution < -0.4 is 4.74 Å². The van der Waals surface area contributed by atoms with Gasteiger partial charge in [0.05, 0.1) is 34.4 Å². The summed E-state index contributed by atoms with van der Waals surface area (Å²) in [6, 6.07) is 16.3. The minimum Gasteiger partial charge on any atom is -0.478 e. The summed E-state index contributed by atoms with van der Waals surface area (Å²) < 4.78 is 58.3. The zero-order valence-electron chi connectivity index (χ0n) is 23.5. The highest BCUT2D eigenvalue weighted by atomic mass is 19.1. The molecule has 0 aliphatic heterocycles. The van der Waals surface area contributed by atoms with Crippen molar-refractivity contribution >= 4 is 17.0 Å². The first-order valence-electron chi connectivity index (χ1n) is 13.8. The van der Waals surface area contributed by atoms with Gasteiger partial charge >= 0.3 is 5.97 Å². The third-order valence-electron chi connectivity index (χ3n) is 7.83. The summed E-state index contributed by atoms with van der Waals surface area (Å²) in [5, 5.41) is 9.50. The van der Waals surface area contributed by atoms with Crippen molar-refractivity contribution < 1.29 is 32.5 Å². The smallest absolute Gasteiger partial charge is 0.335 e. The highest BCUT2D eigenvalue weighted by molar-refractivity contribution is 5.92. The van der Waals surface area contributed by atoms with Crippen LogP contribution >= 0.6 is 0 Å². The molecule has 1 fully saturated rings. The molecule has 0 bridgehead atoms. The van der Waals surface area contributed by atoms with E-state index in [1.54, 1.807) is 44.4 Å². The van der Waals surface area contributed by atoms with Gasteiger partial charge in [-0.3, -0.25) is 0 Å². The van der Waals surface area contributed by atoms with Gasteiger partial charge in [-0.1, -0.05) is 18.2 Å². The van der Waals surface area contributed by atoms with Crippen molar-refractivity contribution in [1.29, 1.82) is 0 Å². The van der Waals surface area contributed by atoms with Crippen LogP contribution in [0.4, 0.5) is 13.2 Å². The van der Waals surface area contributed by atoms with Gasteiger partial charge in [-0.05, 0) is 73.4 Å². The summed E-state index contributed by atoms with van der Waals surface area (Å²) in [5.74, 6) is -2.20. The maximum absolute atomic E-state index is 15.5. The Balaban J connectivity index is 1.28. The molecule has 1 aliphatic carbocycles. The summed E-state index contributed by atoms with van der Waals surface area (Å²) >= 11 is 0. The van der Waals surface area contributed by atoms with Gasteiger partial charge in [-0.2, -0.15) is 0 Å². The van der Waals surface area contributed by atoms with E-state index in [0.717, 1.165) is 30.5 Å². The molecule has 1 saturated carbocycles. The number of carbonyl (C=O) groups is 1. The van der Waals surface area contributed by atoms with Gasteiger partial charge in [0.15, 0.2) is 0 Å². The molecule has 1 N–H and O–H groups in total. The van der Waals surface area contributed by atoms with E-state index in [2.05, 4.69) is 9.97 Å². The molecular weight excluding hydrogens is 559 g/mol. The zero-order chi connectivity index (χ0) is 30.3. The number of methoxy groups -OCH3 is 1. The first-order chi connectivity index (χ1) is 20.6. The molecule has 220 valence electrons. The van der Waals surface area contributed by atoms with Gasteiger partial charge in [-0.25, -0.2) is 27.9 Å². The number of benzene rings is 3. The monoisotopic (exact) mass is 587 g/mol. The Morgan fingerprint density at radius 3 is 2.47 bits per heavy atom. The van der Waals surface area contributed by atoms with Crippen LogP contribution in [0.5, 0.6) is 5.88 Å². The Labute approximate surface area is 245 Å². The molecule has 0 saturated heterocycles. The molecule has 1 aliphatic rings. The molecule has 5 aromatic rings. The summed E-state index contributed by atoms with van der Waals surface area (Å²) in [6.07, 6.45) is 1.63. The van der Waals surface area contributed by atoms with Crippen LogP contribution in [0.25, 0.3) is 22.3 Å². The number of carboxylic acids is 1. The number of rotatable bonds is 10. The van der Waals surface area contributed by atoms with Crippen LogP contribution in [0.1, 0.15) is 45.7 Å². The molecule has 10 heteroatoms. The van der Waals surface area contributed by atoms with Crippen molar-refractivity contribution in [2.24, 2.45) is 0 Å². The minimum atomic E-state index is -1.07. The van der Waals surface area contributed by atoms with Crippen molar-refractivity contribution in [2.45, 2.75) is 44.9 Å². The highest BCUT2D eigenvalue weighted by Gasteiger charge is 2.44. The van der Waals surface area contributed by atoms with Gasteiger partial charge in [0, 0.05) is 30.7 Å². The predicted molar refractivity (Wildman–Crippen MR) is 154 cm³/mol. The average Bonchev–Trinajstić information content (AvgIpc) is 3.69. The quantitative estimate of drug-likeness (QED) is 0.192. The first-order valence-corrected chi connectivity index (χ1v) is 13.8. The Morgan fingerprint density at radius 2 is 1.74 bits per heavy atom. The second kappa shape index (κ2) is 11.2. The number of aromatic carboxylic acids is 1. The lowest BCUT2D eigenvalue weighted by Gasteiger charge is -2.17. The fraction of sp³-hybridized carbons (Fsp3) is 0.242. The van der Waals surface area contributed by atoms with Crippen molar-refractivity contribution in [3.63, 3.8) is 0 Å². The van der Waals surface area contributed by atoms with E-state index in [4.69, 9.17) is 9.47 Å². The minimum absolute atomic E-state index is 0.0292. The summed E-state index contributed by atoms with van der Waals surface area (Å²) in [4.78, 5) is 20.6.